The van der Waals surface area contributed by atoms with Crippen LogP contribution in [0.15, 0.2) is 103 Å². The quantitative estimate of drug-likeness (QED) is 0.648. The van der Waals surface area contributed by atoms with E-state index in [2.05, 4.69) is 78.8 Å². The van der Waals surface area contributed by atoms with Crippen LogP contribution in [0.3, 0.4) is 0 Å². The van der Waals surface area contributed by atoms with E-state index in [0.717, 1.165) is 34.6 Å². The molecule has 0 spiro atoms. The second kappa shape index (κ2) is 8.19. The first kappa shape index (κ1) is 18.8. The highest BCUT2D eigenvalue weighted by atomic mass is 15.6. The summed E-state index contributed by atoms with van der Waals surface area (Å²) in [7, 11) is 2.03. The van der Waals surface area contributed by atoms with Gasteiger partial charge in [-0.05, 0) is 23.6 Å². The minimum absolute atomic E-state index is 0.0528. The van der Waals surface area contributed by atoms with Crippen LogP contribution >= 0.6 is 0 Å². The standard InChI is InChI=1S/C26H25N3/c1-4-20-18-13-19-24(23(20)5-2)29-25(21-14-11-8-12-15-21)27-28(3)26(29)22-16-9-6-7-10-17-22/h4-6,8-19,26H,1-2,7H2,3H3. The molecule has 2 aromatic rings. The minimum atomic E-state index is -0.0528. The molecule has 2 aromatic carbocycles. The van der Waals surface area contributed by atoms with Crippen molar-refractivity contribution in [2.75, 3.05) is 11.9 Å². The van der Waals surface area contributed by atoms with Crippen molar-refractivity contribution in [3.63, 3.8) is 0 Å². The van der Waals surface area contributed by atoms with Crippen LogP contribution in [-0.4, -0.2) is 24.1 Å². The maximum atomic E-state index is 4.95. The molecule has 0 aromatic heterocycles. The number of amidine groups is 1. The third-order valence-electron chi connectivity index (χ3n) is 5.22. The summed E-state index contributed by atoms with van der Waals surface area (Å²) in [6.07, 6.45) is 15.5. The van der Waals surface area contributed by atoms with Crippen molar-refractivity contribution < 1.29 is 0 Å². The molecule has 1 atom stereocenters. The first-order chi connectivity index (χ1) is 14.2. The molecule has 0 fully saturated rings. The Morgan fingerprint density at radius 3 is 2.59 bits per heavy atom. The van der Waals surface area contributed by atoms with E-state index < -0.39 is 0 Å². The Labute approximate surface area is 173 Å². The maximum absolute atomic E-state index is 4.95. The predicted octanol–water partition coefficient (Wildman–Crippen LogP) is 5.85. The molecular formula is C26H25N3. The summed E-state index contributed by atoms with van der Waals surface area (Å²) in [6.45, 7) is 8.06. The third kappa shape index (κ3) is 3.47. The number of rotatable bonds is 5. The van der Waals surface area contributed by atoms with Gasteiger partial charge in [-0.25, -0.2) is 0 Å². The first-order valence-electron chi connectivity index (χ1n) is 9.82. The molecule has 3 heteroatoms. The number of hydrogen-bond acceptors (Lipinski definition) is 3. The zero-order valence-electron chi connectivity index (χ0n) is 16.7. The lowest BCUT2D eigenvalue weighted by molar-refractivity contribution is 0.322. The first-order valence-corrected chi connectivity index (χ1v) is 9.82. The van der Waals surface area contributed by atoms with Gasteiger partial charge < -0.3 is 0 Å². The van der Waals surface area contributed by atoms with E-state index in [0.29, 0.717) is 0 Å². The average molecular weight is 380 g/mol. The Morgan fingerprint density at radius 2 is 1.83 bits per heavy atom. The summed E-state index contributed by atoms with van der Waals surface area (Å²) in [5.41, 5.74) is 5.45. The Hall–Kier alpha value is -3.59. The highest BCUT2D eigenvalue weighted by molar-refractivity contribution is 6.12. The molecular weight excluding hydrogens is 354 g/mol. The lowest BCUT2D eigenvalue weighted by atomic mass is 10.0. The summed E-state index contributed by atoms with van der Waals surface area (Å²) in [5, 5.41) is 6.98. The zero-order chi connectivity index (χ0) is 20.2. The van der Waals surface area contributed by atoms with Crippen LogP contribution in [0.2, 0.25) is 0 Å². The van der Waals surface area contributed by atoms with Crippen LogP contribution in [0.25, 0.3) is 12.2 Å². The molecule has 0 amide bonds. The molecule has 4 rings (SSSR count). The second-order valence-electron chi connectivity index (χ2n) is 7.03. The van der Waals surface area contributed by atoms with E-state index in [-0.39, 0.29) is 6.17 Å². The van der Waals surface area contributed by atoms with E-state index in [4.69, 9.17) is 5.10 Å². The van der Waals surface area contributed by atoms with Crippen molar-refractivity contribution in [3.8, 4) is 0 Å². The van der Waals surface area contributed by atoms with Crippen LogP contribution in [0.5, 0.6) is 0 Å². The Morgan fingerprint density at radius 1 is 1.00 bits per heavy atom. The molecule has 144 valence electrons. The van der Waals surface area contributed by atoms with E-state index in [9.17, 15) is 0 Å². The largest absolute Gasteiger partial charge is 0.297 e. The van der Waals surface area contributed by atoms with E-state index in [1.165, 1.54) is 5.57 Å². The van der Waals surface area contributed by atoms with Gasteiger partial charge in [0, 0.05) is 18.2 Å². The Balaban J connectivity index is 1.92. The number of hydrogen-bond donors (Lipinski definition) is 0. The van der Waals surface area contributed by atoms with Crippen LogP contribution in [0.4, 0.5) is 5.69 Å². The molecule has 0 radical (unpaired) electrons. The topological polar surface area (TPSA) is 18.8 Å². The lowest BCUT2D eigenvalue weighted by Crippen LogP contribution is -2.43. The molecule has 1 aliphatic carbocycles. The van der Waals surface area contributed by atoms with Crippen molar-refractivity contribution in [3.05, 3.63) is 114 Å². The highest BCUT2D eigenvalue weighted by Crippen LogP contribution is 2.35. The predicted molar refractivity (Wildman–Crippen MR) is 125 cm³/mol. The molecule has 1 unspecified atom stereocenters. The molecule has 1 aliphatic heterocycles. The van der Waals surface area contributed by atoms with E-state index in [1.54, 1.807) is 0 Å². The van der Waals surface area contributed by atoms with Gasteiger partial charge in [0.2, 0.25) is 0 Å². The van der Waals surface area contributed by atoms with Crippen molar-refractivity contribution in [1.29, 1.82) is 0 Å². The van der Waals surface area contributed by atoms with Gasteiger partial charge >= 0.3 is 0 Å². The fourth-order valence-corrected chi connectivity index (χ4v) is 3.88. The minimum Gasteiger partial charge on any atom is -0.297 e. The number of hydrazone groups is 1. The van der Waals surface area contributed by atoms with Gasteiger partial charge in [0.05, 0.1) is 5.69 Å². The van der Waals surface area contributed by atoms with Crippen molar-refractivity contribution in [2.24, 2.45) is 5.10 Å². The monoisotopic (exact) mass is 379 g/mol. The fourth-order valence-electron chi connectivity index (χ4n) is 3.88. The number of likely N-dealkylation sites (N-methyl/N-ethyl adjacent to an activating group) is 1. The van der Waals surface area contributed by atoms with E-state index >= 15 is 0 Å². The smallest absolute Gasteiger partial charge is 0.162 e. The van der Waals surface area contributed by atoms with Crippen molar-refractivity contribution >= 4 is 23.7 Å². The Bertz CT molecular complexity index is 1040. The maximum Gasteiger partial charge on any atom is 0.162 e. The third-order valence-corrected chi connectivity index (χ3v) is 5.22. The zero-order valence-corrected chi connectivity index (χ0v) is 16.7. The van der Waals surface area contributed by atoms with Crippen LogP contribution in [-0.2, 0) is 0 Å². The van der Waals surface area contributed by atoms with Crippen LogP contribution < -0.4 is 4.90 Å². The number of anilines is 1. The van der Waals surface area contributed by atoms with Gasteiger partial charge in [-0.2, -0.15) is 5.10 Å². The molecule has 2 aliphatic rings. The second-order valence-corrected chi connectivity index (χ2v) is 7.03. The molecule has 3 nitrogen and oxygen atoms in total. The van der Waals surface area contributed by atoms with E-state index in [1.807, 2.05) is 42.4 Å². The van der Waals surface area contributed by atoms with Gasteiger partial charge in [0.1, 0.15) is 6.17 Å². The molecule has 0 saturated heterocycles. The normalized spacial score (nSPS) is 18.3. The van der Waals surface area contributed by atoms with Crippen LogP contribution in [0, 0.1) is 0 Å². The summed E-state index contributed by atoms with van der Waals surface area (Å²) in [6, 6.07) is 16.6. The van der Waals surface area contributed by atoms with Gasteiger partial charge in [0.15, 0.2) is 5.84 Å². The summed E-state index contributed by atoms with van der Waals surface area (Å²) in [5.74, 6) is 0.921. The Kier molecular flexibility index (Phi) is 5.30. The highest BCUT2D eigenvalue weighted by Gasteiger charge is 2.36. The van der Waals surface area contributed by atoms with Gasteiger partial charge in [0.25, 0.3) is 0 Å². The SMILES string of the molecule is C=Cc1cccc(N2C(c3ccccc3)=NN(C)C2C2=CC=CCC=C2)c1C=C. The van der Waals surface area contributed by atoms with Crippen molar-refractivity contribution in [2.45, 2.75) is 12.6 Å². The molecule has 29 heavy (non-hydrogen) atoms. The fraction of sp³-hybridized carbons (Fsp3) is 0.115. The summed E-state index contributed by atoms with van der Waals surface area (Å²) in [4.78, 5) is 2.30. The van der Waals surface area contributed by atoms with Gasteiger partial charge in [-0.15, -0.1) is 0 Å². The number of nitrogens with zero attached hydrogens (tertiary/aromatic N) is 3. The van der Waals surface area contributed by atoms with Crippen molar-refractivity contribution in [1.82, 2.24) is 5.01 Å². The summed E-state index contributed by atoms with van der Waals surface area (Å²) >= 11 is 0. The number of benzene rings is 2. The van der Waals surface area contributed by atoms with Gasteiger partial charge in [-0.1, -0.05) is 98.2 Å². The number of allylic oxidation sites excluding steroid dienone is 4. The molecule has 0 saturated carbocycles. The molecule has 0 N–H and O–H groups in total. The molecule has 1 heterocycles. The van der Waals surface area contributed by atoms with Crippen LogP contribution in [0.1, 0.15) is 23.1 Å². The summed E-state index contributed by atoms with van der Waals surface area (Å²) < 4.78 is 0. The lowest BCUT2D eigenvalue weighted by Gasteiger charge is -2.32. The van der Waals surface area contributed by atoms with Gasteiger partial charge in [-0.3, -0.25) is 9.91 Å². The average Bonchev–Trinajstić information content (AvgIpc) is 2.93. The molecule has 0 bridgehead atoms.